The lowest BCUT2D eigenvalue weighted by Gasteiger charge is -2.29. The summed E-state index contributed by atoms with van der Waals surface area (Å²) in [5.74, 6) is 0. The maximum Gasteiger partial charge on any atom is 0.0486 e. The summed E-state index contributed by atoms with van der Waals surface area (Å²) in [4.78, 5) is 0. The van der Waals surface area contributed by atoms with Crippen molar-refractivity contribution in [2.45, 2.75) is 38.6 Å². The third-order valence-corrected chi connectivity index (χ3v) is 4.34. The molecule has 2 aromatic carbocycles. The number of nitrogens with one attached hydrogen (secondary N) is 1. The number of hydrogen-bond acceptors (Lipinski definition) is 1. The van der Waals surface area contributed by atoms with E-state index in [0.717, 1.165) is 16.6 Å². The van der Waals surface area contributed by atoms with E-state index in [1.54, 1.807) is 0 Å². The predicted octanol–water partition coefficient (Wildman–Crippen LogP) is 5.62. The summed E-state index contributed by atoms with van der Waals surface area (Å²) in [7, 11) is 0. The van der Waals surface area contributed by atoms with Crippen LogP contribution in [-0.2, 0) is 5.41 Å². The molecule has 1 N–H and O–H groups in total. The highest BCUT2D eigenvalue weighted by Crippen LogP contribution is 2.30. The Morgan fingerprint density at radius 1 is 1.00 bits per heavy atom. The predicted molar refractivity (Wildman–Crippen MR) is 91.3 cm³/mol. The summed E-state index contributed by atoms with van der Waals surface area (Å²) < 4.78 is 1.12. The number of halogens is 1. The zero-order chi connectivity index (χ0) is 14.6. The first-order valence-corrected chi connectivity index (χ1v) is 7.85. The van der Waals surface area contributed by atoms with Crippen LogP contribution < -0.4 is 5.32 Å². The Bertz CT molecular complexity index is 548. The monoisotopic (exact) mass is 331 g/mol. The minimum atomic E-state index is 0.162. The van der Waals surface area contributed by atoms with Gasteiger partial charge in [0.05, 0.1) is 0 Å². The van der Waals surface area contributed by atoms with Gasteiger partial charge in [0.25, 0.3) is 0 Å². The van der Waals surface area contributed by atoms with Gasteiger partial charge in [0.1, 0.15) is 0 Å². The summed E-state index contributed by atoms with van der Waals surface area (Å²) in [5, 5.41) is 3.59. The second-order valence-corrected chi connectivity index (χ2v) is 6.83. The molecule has 1 unspecified atom stereocenters. The third-order valence-electron chi connectivity index (χ3n) is 3.65. The molecule has 0 aliphatic carbocycles. The zero-order valence-electron chi connectivity index (χ0n) is 12.4. The maximum atomic E-state index is 3.59. The Balaban J connectivity index is 2.04. The number of anilines is 1. The Labute approximate surface area is 130 Å². The van der Waals surface area contributed by atoms with Crippen LogP contribution in [0.1, 0.15) is 32.8 Å². The van der Waals surface area contributed by atoms with Crippen molar-refractivity contribution < 1.29 is 0 Å². The van der Waals surface area contributed by atoms with E-state index in [4.69, 9.17) is 0 Å². The van der Waals surface area contributed by atoms with Gasteiger partial charge in [-0.1, -0.05) is 56.3 Å². The Morgan fingerprint density at radius 2 is 1.60 bits per heavy atom. The molecule has 0 spiro atoms. The standard InChI is InChI=1S/C18H22BrN/c1-14(20-17-12-8-7-11-16(17)19)13-18(2,3)15-9-5-4-6-10-15/h4-12,14,20H,13H2,1-3H3. The van der Waals surface area contributed by atoms with Gasteiger partial charge in [-0.2, -0.15) is 0 Å². The topological polar surface area (TPSA) is 12.0 Å². The Hall–Kier alpha value is -1.28. The molecule has 0 aliphatic heterocycles. The maximum absolute atomic E-state index is 3.59. The van der Waals surface area contributed by atoms with E-state index in [1.165, 1.54) is 5.56 Å². The van der Waals surface area contributed by atoms with Crippen LogP contribution in [0.2, 0.25) is 0 Å². The fraction of sp³-hybridized carbons (Fsp3) is 0.333. The molecule has 1 nitrogen and oxygen atoms in total. The number of benzene rings is 2. The van der Waals surface area contributed by atoms with E-state index >= 15 is 0 Å². The molecule has 20 heavy (non-hydrogen) atoms. The highest BCUT2D eigenvalue weighted by atomic mass is 79.9. The van der Waals surface area contributed by atoms with E-state index in [9.17, 15) is 0 Å². The average molecular weight is 332 g/mol. The fourth-order valence-corrected chi connectivity index (χ4v) is 3.07. The summed E-state index contributed by atoms with van der Waals surface area (Å²) in [5.41, 5.74) is 2.71. The van der Waals surface area contributed by atoms with Gasteiger partial charge in [0.2, 0.25) is 0 Å². The molecular weight excluding hydrogens is 310 g/mol. The summed E-state index contributed by atoms with van der Waals surface area (Å²) in [6.07, 6.45) is 1.08. The smallest absolute Gasteiger partial charge is 0.0486 e. The molecule has 0 aliphatic rings. The molecule has 0 saturated heterocycles. The van der Waals surface area contributed by atoms with Crippen molar-refractivity contribution in [3.8, 4) is 0 Å². The van der Waals surface area contributed by atoms with Gasteiger partial charge >= 0.3 is 0 Å². The quantitative estimate of drug-likeness (QED) is 0.749. The van der Waals surface area contributed by atoms with Crippen LogP contribution >= 0.6 is 15.9 Å². The van der Waals surface area contributed by atoms with Gasteiger partial charge in [0, 0.05) is 16.2 Å². The van der Waals surface area contributed by atoms with Gasteiger partial charge in [0.15, 0.2) is 0 Å². The van der Waals surface area contributed by atoms with Gasteiger partial charge < -0.3 is 5.32 Å². The third kappa shape index (κ3) is 3.86. The second-order valence-electron chi connectivity index (χ2n) is 5.98. The van der Waals surface area contributed by atoms with Crippen molar-refractivity contribution in [1.29, 1.82) is 0 Å². The molecule has 0 saturated carbocycles. The number of para-hydroxylation sites is 1. The van der Waals surface area contributed by atoms with E-state index in [2.05, 4.69) is 90.5 Å². The lowest BCUT2D eigenvalue weighted by atomic mass is 9.79. The molecule has 0 fully saturated rings. The van der Waals surface area contributed by atoms with E-state index in [1.807, 2.05) is 6.07 Å². The van der Waals surface area contributed by atoms with Gasteiger partial charge in [-0.3, -0.25) is 0 Å². The molecule has 0 radical (unpaired) electrons. The first-order valence-electron chi connectivity index (χ1n) is 7.05. The molecule has 0 bridgehead atoms. The van der Waals surface area contributed by atoms with Crippen LogP contribution in [0.15, 0.2) is 59.1 Å². The molecule has 0 aromatic heterocycles. The lowest BCUT2D eigenvalue weighted by molar-refractivity contribution is 0.450. The van der Waals surface area contributed by atoms with Crippen LogP contribution in [0.25, 0.3) is 0 Å². The average Bonchev–Trinajstić information content (AvgIpc) is 2.42. The molecule has 2 rings (SSSR count). The molecule has 106 valence electrons. The molecule has 0 amide bonds. The van der Waals surface area contributed by atoms with Gasteiger partial charge in [-0.25, -0.2) is 0 Å². The first kappa shape index (κ1) is 15.1. The van der Waals surface area contributed by atoms with E-state index in [0.29, 0.717) is 6.04 Å². The zero-order valence-corrected chi connectivity index (χ0v) is 13.9. The number of rotatable bonds is 5. The minimum absolute atomic E-state index is 0.162. The van der Waals surface area contributed by atoms with Crippen molar-refractivity contribution in [2.75, 3.05) is 5.32 Å². The van der Waals surface area contributed by atoms with Crippen LogP contribution in [-0.4, -0.2) is 6.04 Å². The lowest BCUT2D eigenvalue weighted by Crippen LogP contribution is -2.27. The first-order chi connectivity index (χ1) is 9.49. The Kier molecular flexibility index (Phi) is 4.87. The molecule has 2 heteroatoms. The molecule has 2 aromatic rings. The van der Waals surface area contributed by atoms with Crippen LogP contribution in [0, 0.1) is 0 Å². The highest BCUT2D eigenvalue weighted by Gasteiger charge is 2.23. The van der Waals surface area contributed by atoms with E-state index in [-0.39, 0.29) is 5.41 Å². The summed E-state index contributed by atoms with van der Waals surface area (Å²) in [6.45, 7) is 6.85. The van der Waals surface area contributed by atoms with Crippen LogP contribution in [0.5, 0.6) is 0 Å². The normalized spacial score (nSPS) is 13.0. The van der Waals surface area contributed by atoms with Crippen LogP contribution in [0.3, 0.4) is 0 Å². The van der Waals surface area contributed by atoms with Crippen LogP contribution in [0.4, 0.5) is 5.69 Å². The van der Waals surface area contributed by atoms with Crippen molar-refractivity contribution in [2.24, 2.45) is 0 Å². The number of hydrogen-bond donors (Lipinski definition) is 1. The highest BCUT2D eigenvalue weighted by molar-refractivity contribution is 9.10. The van der Waals surface area contributed by atoms with Crippen molar-refractivity contribution in [3.63, 3.8) is 0 Å². The fourth-order valence-electron chi connectivity index (χ4n) is 2.67. The van der Waals surface area contributed by atoms with E-state index < -0.39 is 0 Å². The minimum Gasteiger partial charge on any atom is -0.382 e. The molecule has 1 atom stereocenters. The van der Waals surface area contributed by atoms with Crippen molar-refractivity contribution in [3.05, 3.63) is 64.6 Å². The van der Waals surface area contributed by atoms with Gasteiger partial charge in [-0.05, 0) is 52.4 Å². The van der Waals surface area contributed by atoms with Gasteiger partial charge in [-0.15, -0.1) is 0 Å². The van der Waals surface area contributed by atoms with Crippen molar-refractivity contribution >= 4 is 21.6 Å². The molecular formula is C18H22BrN. The summed E-state index contributed by atoms with van der Waals surface area (Å²) >= 11 is 3.59. The molecule has 0 heterocycles. The Morgan fingerprint density at radius 3 is 2.25 bits per heavy atom. The van der Waals surface area contributed by atoms with Crippen molar-refractivity contribution in [1.82, 2.24) is 0 Å². The SMILES string of the molecule is CC(CC(C)(C)c1ccccc1)Nc1ccccc1Br. The summed E-state index contributed by atoms with van der Waals surface area (Å²) in [6, 6.07) is 19.4. The second kappa shape index (κ2) is 6.45. The largest absolute Gasteiger partial charge is 0.382 e.